The third kappa shape index (κ3) is 6.64. The van der Waals surface area contributed by atoms with E-state index in [-0.39, 0.29) is 17.6 Å². The standard InChI is InChI=1S/C19H25FN4O2.C2HF3O2/c1-14(2)24-11-15(9-22-24)10-23-12-19(13-23)8-16(5-7-25-19)26-18-17(20)4-3-6-21-18;3-2(4,5)1(6)7/h3-4,6,9,11,14,16H,5,7-8,10,12-13H2,1-2H3;(H,6,7). The summed E-state index contributed by atoms with van der Waals surface area (Å²) in [6, 6.07) is 3.32. The first kappa shape index (κ1) is 24.9. The lowest BCUT2D eigenvalue weighted by Gasteiger charge is -2.53. The number of rotatable bonds is 5. The van der Waals surface area contributed by atoms with Gasteiger partial charge in [0.1, 0.15) is 6.10 Å². The number of carboxylic acid groups (broad SMARTS) is 1. The summed E-state index contributed by atoms with van der Waals surface area (Å²) in [6.07, 6.45) is 1.98. The molecule has 0 bridgehead atoms. The van der Waals surface area contributed by atoms with Crippen LogP contribution < -0.4 is 4.74 Å². The molecule has 0 aromatic carbocycles. The number of hydrogen-bond acceptors (Lipinski definition) is 6. The fraction of sp³-hybridized carbons (Fsp3) is 0.571. The summed E-state index contributed by atoms with van der Waals surface area (Å²) < 4.78 is 59.3. The Morgan fingerprint density at radius 3 is 2.67 bits per heavy atom. The normalized spacial score (nSPS) is 20.2. The Balaban J connectivity index is 0.000000383. The van der Waals surface area contributed by atoms with E-state index in [4.69, 9.17) is 19.4 Å². The monoisotopic (exact) mass is 474 g/mol. The van der Waals surface area contributed by atoms with E-state index in [9.17, 15) is 17.6 Å². The molecule has 2 saturated heterocycles. The van der Waals surface area contributed by atoms with E-state index in [1.165, 1.54) is 11.6 Å². The van der Waals surface area contributed by atoms with Gasteiger partial charge in [0, 0.05) is 56.5 Å². The van der Waals surface area contributed by atoms with Gasteiger partial charge in [0.2, 0.25) is 0 Å². The molecule has 2 aromatic heterocycles. The van der Waals surface area contributed by atoms with E-state index >= 15 is 0 Å². The van der Waals surface area contributed by atoms with Crippen molar-refractivity contribution in [2.75, 3.05) is 19.7 Å². The summed E-state index contributed by atoms with van der Waals surface area (Å²) in [7, 11) is 0. The van der Waals surface area contributed by atoms with Crippen LogP contribution in [0.5, 0.6) is 5.88 Å². The van der Waals surface area contributed by atoms with Gasteiger partial charge in [0.05, 0.1) is 18.4 Å². The molecule has 2 aromatic rings. The summed E-state index contributed by atoms with van der Waals surface area (Å²) in [6.45, 7) is 7.48. The Kier molecular flexibility index (Phi) is 7.58. The van der Waals surface area contributed by atoms with Gasteiger partial charge in [0.15, 0.2) is 5.82 Å². The van der Waals surface area contributed by atoms with Crippen LogP contribution >= 0.6 is 0 Å². The van der Waals surface area contributed by atoms with Crippen LogP contribution in [-0.4, -0.2) is 68.3 Å². The topological polar surface area (TPSA) is 89.7 Å². The van der Waals surface area contributed by atoms with E-state index in [0.717, 1.165) is 32.5 Å². The Labute approximate surface area is 188 Å². The highest BCUT2D eigenvalue weighted by atomic mass is 19.4. The summed E-state index contributed by atoms with van der Waals surface area (Å²) in [5.74, 6) is -3.08. The molecular formula is C21H26F4N4O4. The molecule has 8 nitrogen and oxygen atoms in total. The van der Waals surface area contributed by atoms with Gasteiger partial charge in [0.25, 0.3) is 5.88 Å². The number of ether oxygens (including phenoxy) is 2. The van der Waals surface area contributed by atoms with E-state index in [0.29, 0.717) is 12.6 Å². The molecule has 0 amide bonds. The van der Waals surface area contributed by atoms with Gasteiger partial charge in [-0.25, -0.2) is 14.2 Å². The second-order valence-corrected chi connectivity index (χ2v) is 8.42. The van der Waals surface area contributed by atoms with Crippen molar-refractivity contribution in [2.24, 2.45) is 0 Å². The van der Waals surface area contributed by atoms with Gasteiger partial charge >= 0.3 is 12.1 Å². The smallest absolute Gasteiger partial charge is 0.475 e. The van der Waals surface area contributed by atoms with Crippen molar-refractivity contribution < 1.29 is 36.9 Å². The molecule has 1 N–H and O–H groups in total. The number of carboxylic acids is 1. The van der Waals surface area contributed by atoms with E-state index in [1.807, 2.05) is 10.9 Å². The summed E-state index contributed by atoms with van der Waals surface area (Å²) in [5, 5.41) is 11.5. The zero-order valence-electron chi connectivity index (χ0n) is 18.3. The zero-order valence-corrected chi connectivity index (χ0v) is 18.3. The molecule has 1 spiro atoms. The number of pyridine rings is 1. The number of aromatic nitrogens is 3. The second-order valence-electron chi connectivity index (χ2n) is 8.42. The Morgan fingerprint density at radius 2 is 2.09 bits per heavy atom. The zero-order chi connectivity index (χ0) is 24.2. The van der Waals surface area contributed by atoms with Crippen LogP contribution in [0.3, 0.4) is 0 Å². The quantitative estimate of drug-likeness (QED) is 0.664. The number of nitrogens with zero attached hydrogens (tertiary/aromatic N) is 4. The van der Waals surface area contributed by atoms with Crippen LogP contribution in [0, 0.1) is 5.82 Å². The molecule has 2 aliphatic heterocycles. The molecule has 0 saturated carbocycles. The van der Waals surface area contributed by atoms with Crippen molar-refractivity contribution in [1.82, 2.24) is 19.7 Å². The number of halogens is 4. The highest BCUT2D eigenvalue weighted by Crippen LogP contribution is 2.36. The number of aliphatic carboxylic acids is 1. The predicted molar refractivity (Wildman–Crippen MR) is 108 cm³/mol. The van der Waals surface area contributed by atoms with Crippen molar-refractivity contribution >= 4 is 5.97 Å². The molecule has 2 aliphatic rings. The largest absolute Gasteiger partial charge is 0.490 e. The number of alkyl halides is 3. The van der Waals surface area contributed by atoms with Crippen LogP contribution in [0.25, 0.3) is 0 Å². The summed E-state index contributed by atoms with van der Waals surface area (Å²) >= 11 is 0. The van der Waals surface area contributed by atoms with Crippen LogP contribution in [0.15, 0.2) is 30.7 Å². The van der Waals surface area contributed by atoms with Gasteiger partial charge in [-0.05, 0) is 26.0 Å². The average molecular weight is 474 g/mol. The van der Waals surface area contributed by atoms with E-state index in [2.05, 4.69) is 35.0 Å². The van der Waals surface area contributed by atoms with Crippen LogP contribution in [0.4, 0.5) is 17.6 Å². The lowest BCUT2D eigenvalue weighted by Crippen LogP contribution is -2.65. The SMILES string of the molecule is CC(C)n1cc(CN2CC3(CC(Oc4ncccc4F)CCO3)C2)cn1.O=C(O)C(F)(F)F. The Bertz CT molecular complexity index is 944. The lowest BCUT2D eigenvalue weighted by molar-refractivity contribution is -0.192. The van der Waals surface area contributed by atoms with Gasteiger partial charge < -0.3 is 14.6 Å². The maximum absolute atomic E-state index is 13.8. The van der Waals surface area contributed by atoms with Crippen molar-refractivity contribution in [1.29, 1.82) is 0 Å². The third-order valence-corrected chi connectivity index (χ3v) is 5.31. The highest BCUT2D eigenvalue weighted by molar-refractivity contribution is 5.73. The minimum atomic E-state index is -5.08. The van der Waals surface area contributed by atoms with Gasteiger partial charge in [-0.15, -0.1) is 0 Å². The number of carbonyl (C=O) groups is 1. The number of likely N-dealkylation sites (tertiary alicyclic amines) is 1. The lowest BCUT2D eigenvalue weighted by atomic mass is 9.84. The molecule has 1 unspecified atom stereocenters. The first-order valence-electron chi connectivity index (χ1n) is 10.4. The Morgan fingerprint density at radius 1 is 1.39 bits per heavy atom. The minimum Gasteiger partial charge on any atom is -0.475 e. The average Bonchev–Trinajstić information content (AvgIpc) is 3.18. The molecule has 4 heterocycles. The maximum atomic E-state index is 13.8. The fourth-order valence-corrected chi connectivity index (χ4v) is 3.80. The van der Waals surface area contributed by atoms with Crippen LogP contribution in [-0.2, 0) is 16.1 Å². The Hall–Kier alpha value is -2.73. The van der Waals surface area contributed by atoms with Gasteiger partial charge in [-0.3, -0.25) is 9.58 Å². The predicted octanol–water partition coefficient (Wildman–Crippen LogP) is 3.44. The van der Waals surface area contributed by atoms with Crippen LogP contribution in [0.2, 0.25) is 0 Å². The third-order valence-electron chi connectivity index (χ3n) is 5.31. The minimum absolute atomic E-state index is 0.0565. The van der Waals surface area contributed by atoms with Crippen molar-refractivity contribution in [3.8, 4) is 5.88 Å². The summed E-state index contributed by atoms with van der Waals surface area (Å²) in [5.41, 5.74) is 1.04. The van der Waals surface area contributed by atoms with E-state index in [1.54, 1.807) is 12.3 Å². The van der Waals surface area contributed by atoms with Crippen molar-refractivity contribution in [2.45, 2.75) is 57.2 Å². The van der Waals surface area contributed by atoms with Gasteiger partial charge in [-0.1, -0.05) is 0 Å². The van der Waals surface area contributed by atoms with Crippen molar-refractivity contribution in [3.05, 3.63) is 42.1 Å². The molecule has 182 valence electrons. The molecule has 0 aliphatic carbocycles. The number of hydrogen-bond donors (Lipinski definition) is 1. The summed E-state index contributed by atoms with van der Waals surface area (Å²) in [4.78, 5) is 15.2. The molecule has 4 rings (SSSR count). The van der Waals surface area contributed by atoms with Gasteiger partial charge in [-0.2, -0.15) is 18.3 Å². The highest BCUT2D eigenvalue weighted by Gasteiger charge is 2.48. The first-order chi connectivity index (χ1) is 15.5. The molecular weight excluding hydrogens is 448 g/mol. The molecule has 12 heteroatoms. The second kappa shape index (κ2) is 10.0. The molecule has 2 fully saturated rings. The molecule has 1 atom stereocenters. The fourth-order valence-electron chi connectivity index (χ4n) is 3.80. The maximum Gasteiger partial charge on any atom is 0.490 e. The molecule has 0 radical (unpaired) electrons. The molecule has 33 heavy (non-hydrogen) atoms. The van der Waals surface area contributed by atoms with E-state index < -0.39 is 18.0 Å². The van der Waals surface area contributed by atoms with Crippen LogP contribution in [0.1, 0.15) is 38.3 Å². The van der Waals surface area contributed by atoms with Crippen molar-refractivity contribution in [3.63, 3.8) is 0 Å². The first-order valence-corrected chi connectivity index (χ1v) is 10.4.